The molecule has 1 aromatic carbocycles. The molecular weight excluding hydrogens is 470 g/mol. The van der Waals surface area contributed by atoms with Gasteiger partial charge >= 0.3 is 0 Å². The number of nitrogens with zero attached hydrogens (tertiary/aromatic N) is 3. The third-order valence-corrected chi connectivity index (χ3v) is 7.00. The third kappa shape index (κ3) is 6.60. The SMILES string of the molecule is COc1ccc(C#Cc2cnc3c(c2)C(=O)N([C@H](C)CO)C[C@H](C)[C@@H](CN(C)C(=O)CC2CC2)O3)cc1. The summed E-state index contributed by atoms with van der Waals surface area (Å²) >= 11 is 0. The molecule has 3 atom stereocenters. The zero-order valence-corrected chi connectivity index (χ0v) is 21.9. The summed E-state index contributed by atoms with van der Waals surface area (Å²) in [5.74, 6) is 7.39. The van der Waals surface area contributed by atoms with E-state index < -0.39 is 0 Å². The van der Waals surface area contributed by atoms with E-state index in [2.05, 4.69) is 16.8 Å². The number of aromatic nitrogens is 1. The van der Waals surface area contributed by atoms with E-state index in [-0.39, 0.29) is 42.4 Å². The van der Waals surface area contributed by atoms with Crippen LogP contribution in [0.1, 0.15) is 54.6 Å². The van der Waals surface area contributed by atoms with Gasteiger partial charge in [0.15, 0.2) is 0 Å². The van der Waals surface area contributed by atoms with Crippen molar-refractivity contribution in [2.45, 2.75) is 45.3 Å². The van der Waals surface area contributed by atoms with E-state index in [1.54, 1.807) is 36.2 Å². The Morgan fingerprint density at radius 1 is 1.27 bits per heavy atom. The van der Waals surface area contributed by atoms with Gasteiger partial charge in [-0.15, -0.1) is 0 Å². The predicted octanol–water partition coefficient (Wildman–Crippen LogP) is 2.97. The van der Waals surface area contributed by atoms with Gasteiger partial charge in [-0.25, -0.2) is 4.98 Å². The molecule has 1 N–H and O–H groups in total. The number of benzene rings is 1. The molecule has 2 amide bonds. The van der Waals surface area contributed by atoms with Gasteiger partial charge in [-0.1, -0.05) is 18.8 Å². The number of fused-ring (bicyclic) bond motifs is 1. The first-order chi connectivity index (χ1) is 17.8. The summed E-state index contributed by atoms with van der Waals surface area (Å²) in [5, 5.41) is 9.85. The maximum atomic E-state index is 13.6. The Labute approximate surface area is 218 Å². The van der Waals surface area contributed by atoms with Gasteiger partial charge in [0.25, 0.3) is 5.91 Å². The van der Waals surface area contributed by atoms with E-state index in [1.165, 1.54) is 0 Å². The monoisotopic (exact) mass is 505 g/mol. The zero-order chi connectivity index (χ0) is 26.5. The number of methoxy groups -OCH3 is 1. The minimum atomic E-state index is -0.384. The average Bonchev–Trinajstić information content (AvgIpc) is 3.73. The van der Waals surface area contributed by atoms with Gasteiger partial charge in [-0.3, -0.25) is 9.59 Å². The first kappa shape index (κ1) is 26.5. The van der Waals surface area contributed by atoms with Crippen molar-refractivity contribution < 1.29 is 24.2 Å². The molecule has 4 rings (SSSR count). The second-order valence-electron chi connectivity index (χ2n) is 10.1. The lowest BCUT2D eigenvalue weighted by molar-refractivity contribution is -0.131. The highest BCUT2D eigenvalue weighted by Gasteiger charge is 2.35. The number of amides is 2. The minimum absolute atomic E-state index is 0.0846. The fourth-order valence-electron chi connectivity index (χ4n) is 4.30. The largest absolute Gasteiger partial charge is 0.497 e. The summed E-state index contributed by atoms with van der Waals surface area (Å²) in [6.45, 7) is 4.42. The van der Waals surface area contributed by atoms with E-state index in [4.69, 9.17) is 9.47 Å². The third-order valence-electron chi connectivity index (χ3n) is 7.00. The molecule has 8 nitrogen and oxygen atoms in total. The minimum Gasteiger partial charge on any atom is -0.497 e. The van der Waals surface area contributed by atoms with Crippen LogP contribution in [-0.2, 0) is 4.79 Å². The molecule has 0 spiro atoms. The average molecular weight is 506 g/mol. The highest BCUT2D eigenvalue weighted by Crippen LogP contribution is 2.33. The van der Waals surface area contributed by atoms with Crippen molar-refractivity contribution >= 4 is 11.8 Å². The molecule has 1 fully saturated rings. The van der Waals surface area contributed by atoms with Crippen molar-refractivity contribution in [3.05, 3.63) is 53.2 Å². The number of likely N-dealkylation sites (N-methyl/N-ethyl adjacent to an activating group) is 1. The van der Waals surface area contributed by atoms with E-state index in [0.717, 1.165) is 24.2 Å². The normalized spacial score (nSPS) is 19.9. The van der Waals surface area contributed by atoms with Gasteiger partial charge < -0.3 is 24.4 Å². The van der Waals surface area contributed by atoms with Crippen molar-refractivity contribution in [1.29, 1.82) is 0 Å². The standard InChI is InChI=1S/C29H35N3O5/c1-19-16-32(20(2)18-33)29(35)25-13-23(8-5-21-9-11-24(36-4)12-10-21)15-30-28(25)37-26(19)17-31(3)27(34)14-22-6-7-22/h9-13,15,19-20,22,26,33H,6-7,14,16-18H2,1-4H3/t19-,20+,26+/m0/s1. The lowest BCUT2D eigenvalue weighted by Crippen LogP contribution is -2.50. The lowest BCUT2D eigenvalue weighted by atomic mass is 9.99. The molecule has 1 saturated carbocycles. The Morgan fingerprint density at radius 3 is 2.62 bits per heavy atom. The van der Waals surface area contributed by atoms with Crippen LogP contribution < -0.4 is 9.47 Å². The number of ether oxygens (including phenoxy) is 2. The Hall–Kier alpha value is -3.57. The van der Waals surface area contributed by atoms with Crippen LogP contribution in [-0.4, -0.2) is 77.7 Å². The number of carbonyl (C=O) groups is 2. The molecular formula is C29H35N3O5. The van der Waals surface area contributed by atoms with Crippen molar-refractivity contribution in [1.82, 2.24) is 14.8 Å². The molecule has 0 bridgehead atoms. The van der Waals surface area contributed by atoms with Gasteiger partial charge in [0, 0.05) is 43.3 Å². The molecule has 1 aliphatic carbocycles. The molecule has 2 aromatic rings. The van der Waals surface area contributed by atoms with Crippen molar-refractivity contribution in [2.24, 2.45) is 11.8 Å². The summed E-state index contributed by atoms with van der Waals surface area (Å²) in [4.78, 5) is 34.1. The first-order valence-corrected chi connectivity index (χ1v) is 12.8. The van der Waals surface area contributed by atoms with Crippen molar-refractivity contribution in [2.75, 3.05) is 33.9 Å². The lowest BCUT2D eigenvalue weighted by Gasteiger charge is -2.37. The highest BCUT2D eigenvalue weighted by molar-refractivity contribution is 5.97. The van der Waals surface area contributed by atoms with E-state index in [1.807, 2.05) is 38.1 Å². The number of carbonyl (C=O) groups excluding carboxylic acids is 2. The summed E-state index contributed by atoms with van der Waals surface area (Å²) in [6, 6.07) is 8.69. The quantitative estimate of drug-likeness (QED) is 0.582. The Kier molecular flexibility index (Phi) is 8.34. The van der Waals surface area contributed by atoms with Gasteiger partial charge in [-0.05, 0) is 56.0 Å². The second-order valence-corrected chi connectivity index (χ2v) is 10.1. The second kappa shape index (κ2) is 11.7. The summed E-state index contributed by atoms with van der Waals surface area (Å²) in [5.41, 5.74) is 1.68. The molecule has 1 aromatic heterocycles. The molecule has 2 aliphatic rings. The van der Waals surface area contributed by atoms with Crippen LogP contribution >= 0.6 is 0 Å². The number of hydrogen-bond donors (Lipinski definition) is 1. The van der Waals surface area contributed by atoms with Crippen LogP contribution in [0.2, 0.25) is 0 Å². The van der Waals surface area contributed by atoms with Gasteiger partial charge in [0.05, 0.1) is 26.3 Å². The molecule has 2 heterocycles. The summed E-state index contributed by atoms with van der Waals surface area (Å²) in [7, 11) is 3.41. The summed E-state index contributed by atoms with van der Waals surface area (Å²) < 4.78 is 11.5. The van der Waals surface area contributed by atoms with E-state index in [9.17, 15) is 14.7 Å². The van der Waals surface area contributed by atoms with Gasteiger partial charge in [0.1, 0.15) is 17.4 Å². The van der Waals surface area contributed by atoms with Gasteiger partial charge in [-0.2, -0.15) is 0 Å². The van der Waals surface area contributed by atoms with Crippen LogP contribution in [0.5, 0.6) is 11.6 Å². The molecule has 0 radical (unpaired) electrons. The smallest absolute Gasteiger partial charge is 0.259 e. The molecule has 196 valence electrons. The first-order valence-electron chi connectivity index (χ1n) is 12.8. The predicted molar refractivity (Wildman–Crippen MR) is 139 cm³/mol. The maximum absolute atomic E-state index is 13.6. The fraction of sp³-hybridized carbons (Fsp3) is 0.483. The molecule has 1 aliphatic heterocycles. The number of pyridine rings is 1. The van der Waals surface area contributed by atoms with Crippen LogP contribution in [0.25, 0.3) is 0 Å². The van der Waals surface area contributed by atoms with Gasteiger partial charge in [0.2, 0.25) is 11.8 Å². The Morgan fingerprint density at radius 2 is 1.97 bits per heavy atom. The summed E-state index contributed by atoms with van der Waals surface area (Å²) in [6.07, 6.45) is 4.03. The highest BCUT2D eigenvalue weighted by atomic mass is 16.5. The Bertz CT molecular complexity index is 1180. The van der Waals surface area contributed by atoms with E-state index in [0.29, 0.717) is 36.6 Å². The zero-order valence-electron chi connectivity index (χ0n) is 21.9. The molecule has 8 heteroatoms. The maximum Gasteiger partial charge on any atom is 0.259 e. The number of aliphatic hydroxyl groups is 1. The fourth-order valence-corrected chi connectivity index (χ4v) is 4.30. The van der Waals surface area contributed by atoms with Crippen LogP contribution in [0.3, 0.4) is 0 Å². The Balaban J connectivity index is 1.61. The van der Waals surface area contributed by atoms with Crippen LogP contribution in [0.15, 0.2) is 36.5 Å². The number of hydrogen-bond acceptors (Lipinski definition) is 6. The van der Waals surface area contributed by atoms with Crippen molar-refractivity contribution in [3.63, 3.8) is 0 Å². The van der Waals surface area contributed by atoms with Crippen LogP contribution in [0, 0.1) is 23.7 Å². The number of aliphatic hydroxyl groups excluding tert-OH is 1. The number of rotatable bonds is 7. The molecule has 0 saturated heterocycles. The van der Waals surface area contributed by atoms with Crippen molar-refractivity contribution in [3.8, 4) is 23.5 Å². The molecule has 37 heavy (non-hydrogen) atoms. The topological polar surface area (TPSA) is 92.2 Å². The molecule has 0 unspecified atom stereocenters. The van der Waals surface area contributed by atoms with E-state index >= 15 is 0 Å². The van der Waals surface area contributed by atoms with Crippen LogP contribution in [0.4, 0.5) is 0 Å².